The summed E-state index contributed by atoms with van der Waals surface area (Å²) in [6.45, 7) is 21.1. The molecule has 0 saturated carbocycles. The van der Waals surface area contributed by atoms with Gasteiger partial charge in [-0.05, 0) is 69.9 Å². The number of benzene rings is 1. The third-order valence-corrected chi connectivity index (χ3v) is 14.5. The number of pyridine rings is 1. The second-order valence-electron chi connectivity index (χ2n) is 15.9. The van der Waals surface area contributed by atoms with E-state index in [1.165, 1.54) is 0 Å². The van der Waals surface area contributed by atoms with E-state index in [2.05, 4.69) is 62.1 Å². The number of hydrogen-bond donors (Lipinski definition) is 2. The molecule has 2 aliphatic rings. The van der Waals surface area contributed by atoms with Crippen LogP contribution < -0.4 is 19.9 Å². The predicted molar refractivity (Wildman–Crippen MR) is 198 cm³/mol. The molecule has 0 bridgehead atoms. The van der Waals surface area contributed by atoms with E-state index in [9.17, 15) is 9.90 Å². The Morgan fingerprint density at radius 2 is 1.82 bits per heavy atom. The molecule has 0 spiro atoms. The monoisotopic (exact) mass is 710 g/mol. The van der Waals surface area contributed by atoms with Gasteiger partial charge in [0.15, 0.2) is 8.32 Å². The normalized spacial score (nSPS) is 18.8. The van der Waals surface area contributed by atoms with Crippen LogP contribution in [0.4, 0.5) is 27.9 Å². The maximum absolute atomic E-state index is 13.4. The number of piperidine rings is 1. The molecule has 11 nitrogen and oxygen atoms in total. The number of halogens is 1. The first-order valence-electron chi connectivity index (χ1n) is 16.9. The molecule has 266 valence electrons. The number of carbonyl (C=O) groups excluding carboxylic acids is 1. The summed E-state index contributed by atoms with van der Waals surface area (Å²) in [7, 11) is -0.486. The third-order valence-electron chi connectivity index (χ3n) is 9.72. The molecule has 0 radical (unpaired) electrons. The lowest BCUT2D eigenvalue weighted by Crippen LogP contribution is -2.46. The largest absolute Gasteiger partial charge is 0.494 e. The summed E-state index contributed by atoms with van der Waals surface area (Å²) in [5, 5.41) is 13.8. The molecule has 1 amide bonds. The zero-order valence-corrected chi connectivity index (χ0v) is 32.2. The summed E-state index contributed by atoms with van der Waals surface area (Å²) in [5.74, 6) is 1.52. The van der Waals surface area contributed by atoms with Crippen molar-refractivity contribution < 1.29 is 23.8 Å². The molecular weight excluding hydrogens is 660 g/mol. The first-order chi connectivity index (χ1) is 22.8. The van der Waals surface area contributed by atoms with Crippen LogP contribution in [-0.2, 0) is 14.6 Å². The fraction of sp³-hybridized carbons (Fsp3) is 0.556. The van der Waals surface area contributed by atoms with Crippen LogP contribution >= 0.6 is 11.6 Å². The van der Waals surface area contributed by atoms with Crippen molar-refractivity contribution in [3.63, 3.8) is 0 Å². The van der Waals surface area contributed by atoms with Crippen LogP contribution in [0.3, 0.4) is 0 Å². The molecule has 5 rings (SSSR count). The van der Waals surface area contributed by atoms with Gasteiger partial charge in [0.05, 0.1) is 35.3 Å². The van der Waals surface area contributed by atoms with Crippen LogP contribution in [0.25, 0.3) is 11.3 Å². The maximum Gasteiger partial charge on any atom is 0.416 e. The SMILES string of the molecule is COc1cc(N2CCC(O)CC2)c(Cl)cc1Nc1nccc(-c2cnc3c(c2)C(C)(CO[Si](C)(C)C(C)(C)C)CN3C(=O)OC(C)(C)C)n1. The second kappa shape index (κ2) is 13.7. The van der Waals surface area contributed by atoms with Crippen molar-refractivity contribution in [3.8, 4) is 17.0 Å². The van der Waals surface area contributed by atoms with Crippen LogP contribution in [-0.4, -0.2) is 79.5 Å². The number of hydrogen-bond acceptors (Lipinski definition) is 10. The van der Waals surface area contributed by atoms with Crippen molar-refractivity contribution in [1.82, 2.24) is 15.0 Å². The highest BCUT2D eigenvalue weighted by molar-refractivity contribution is 6.74. The Morgan fingerprint density at radius 1 is 1.12 bits per heavy atom. The molecule has 0 aliphatic carbocycles. The first-order valence-corrected chi connectivity index (χ1v) is 20.1. The Balaban J connectivity index is 1.45. The molecule has 4 heterocycles. The van der Waals surface area contributed by atoms with E-state index in [4.69, 9.17) is 35.5 Å². The topological polar surface area (TPSA) is 122 Å². The Labute approximate surface area is 296 Å². The van der Waals surface area contributed by atoms with Gasteiger partial charge >= 0.3 is 6.09 Å². The lowest BCUT2D eigenvalue weighted by Gasteiger charge is -2.39. The van der Waals surface area contributed by atoms with Gasteiger partial charge in [0.25, 0.3) is 0 Å². The average Bonchev–Trinajstić information content (AvgIpc) is 3.32. The molecule has 2 N–H and O–H groups in total. The number of methoxy groups -OCH3 is 1. The number of aliphatic hydroxyl groups is 1. The van der Waals surface area contributed by atoms with E-state index in [0.29, 0.717) is 73.0 Å². The number of rotatable bonds is 8. The van der Waals surface area contributed by atoms with Crippen LogP contribution in [0.2, 0.25) is 23.2 Å². The van der Waals surface area contributed by atoms with E-state index >= 15 is 0 Å². The number of fused-ring (bicyclic) bond motifs is 1. The van der Waals surface area contributed by atoms with E-state index in [1.807, 2.05) is 39.0 Å². The van der Waals surface area contributed by atoms with Crippen molar-refractivity contribution in [2.24, 2.45) is 0 Å². The zero-order chi connectivity index (χ0) is 35.9. The summed E-state index contributed by atoms with van der Waals surface area (Å²) in [6, 6.07) is 7.60. The molecule has 3 aromatic rings. The molecule has 2 aliphatic heterocycles. The molecule has 2 aromatic heterocycles. The van der Waals surface area contributed by atoms with Gasteiger partial charge < -0.3 is 29.2 Å². The molecule has 1 fully saturated rings. The Hall–Kier alpha value is -3.45. The number of aliphatic hydroxyl groups excluding tert-OH is 1. The Kier molecular flexibility index (Phi) is 10.3. The molecule has 1 saturated heterocycles. The lowest BCUT2D eigenvalue weighted by molar-refractivity contribution is 0.0574. The molecule has 1 atom stereocenters. The fourth-order valence-electron chi connectivity index (χ4n) is 5.77. The molecular formula is C36H51ClN6O5Si. The molecule has 13 heteroatoms. The summed E-state index contributed by atoms with van der Waals surface area (Å²) >= 11 is 6.76. The smallest absolute Gasteiger partial charge is 0.416 e. The number of aromatic nitrogens is 3. The Bertz CT molecular complexity index is 1690. The van der Waals surface area contributed by atoms with Crippen LogP contribution in [0.15, 0.2) is 36.7 Å². The highest BCUT2D eigenvalue weighted by atomic mass is 35.5. The Morgan fingerprint density at radius 3 is 2.45 bits per heavy atom. The average molecular weight is 711 g/mol. The summed E-state index contributed by atoms with van der Waals surface area (Å²) in [4.78, 5) is 31.3. The maximum atomic E-state index is 13.4. The van der Waals surface area contributed by atoms with Crippen LogP contribution in [0.5, 0.6) is 5.75 Å². The highest BCUT2D eigenvalue weighted by Crippen LogP contribution is 2.45. The minimum atomic E-state index is -2.10. The van der Waals surface area contributed by atoms with Gasteiger partial charge in [-0.25, -0.2) is 19.7 Å². The van der Waals surface area contributed by atoms with E-state index in [0.717, 1.165) is 16.8 Å². The lowest BCUT2D eigenvalue weighted by atomic mass is 9.85. The number of nitrogens with zero attached hydrogens (tertiary/aromatic N) is 5. The standard InChI is InChI=1S/C36H51ClN6O5Si/c1-34(2,3)48-33(45)43-21-36(7,22-47-49(9,10)35(4,5)6)25-17-23(20-39-31(25)43)27-11-14-38-32(40-27)41-28-18-26(37)29(19-30(28)46-8)42-15-12-24(44)13-16-42/h11,14,17-20,24,44H,12-13,15-16,21-22H2,1-10H3,(H,38,40,41). The third kappa shape index (κ3) is 8.14. The van der Waals surface area contributed by atoms with Gasteiger partial charge in [0, 0.05) is 61.2 Å². The van der Waals surface area contributed by atoms with Gasteiger partial charge in [0.2, 0.25) is 5.95 Å². The molecule has 49 heavy (non-hydrogen) atoms. The van der Waals surface area contributed by atoms with Crippen LogP contribution in [0.1, 0.15) is 66.9 Å². The molecule has 1 aromatic carbocycles. The van der Waals surface area contributed by atoms with Crippen molar-refractivity contribution in [1.29, 1.82) is 0 Å². The van der Waals surface area contributed by atoms with Crippen molar-refractivity contribution in [3.05, 3.63) is 47.2 Å². The quantitative estimate of drug-likeness (QED) is 0.223. The van der Waals surface area contributed by atoms with Crippen LogP contribution in [0, 0.1) is 0 Å². The zero-order valence-electron chi connectivity index (χ0n) is 30.5. The molecule has 1 unspecified atom stereocenters. The van der Waals surface area contributed by atoms with Crippen molar-refractivity contribution in [2.75, 3.05) is 48.5 Å². The van der Waals surface area contributed by atoms with Crippen molar-refractivity contribution in [2.45, 2.75) is 96.6 Å². The van der Waals surface area contributed by atoms with E-state index in [-0.39, 0.29) is 11.1 Å². The number of amides is 1. The summed E-state index contributed by atoms with van der Waals surface area (Å²) < 4.78 is 18.3. The van der Waals surface area contributed by atoms with E-state index in [1.54, 1.807) is 24.4 Å². The van der Waals surface area contributed by atoms with Gasteiger partial charge in [-0.1, -0.05) is 39.3 Å². The first kappa shape index (κ1) is 36.8. The fourth-order valence-corrected chi connectivity index (χ4v) is 7.17. The summed E-state index contributed by atoms with van der Waals surface area (Å²) in [6.07, 6.45) is 4.08. The van der Waals surface area contributed by atoms with Crippen molar-refractivity contribution >= 4 is 49.2 Å². The van der Waals surface area contributed by atoms with Gasteiger partial charge in [-0.15, -0.1) is 0 Å². The second-order valence-corrected chi connectivity index (χ2v) is 21.1. The van der Waals surface area contributed by atoms with Gasteiger partial charge in [0.1, 0.15) is 17.2 Å². The number of nitrogens with one attached hydrogen (secondary N) is 1. The highest BCUT2D eigenvalue weighted by Gasteiger charge is 2.47. The predicted octanol–water partition coefficient (Wildman–Crippen LogP) is 7.94. The van der Waals surface area contributed by atoms with Gasteiger partial charge in [-0.3, -0.25) is 4.90 Å². The number of carbonyl (C=O) groups is 1. The van der Waals surface area contributed by atoms with E-state index < -0.39 is 25.4 Å². The minimum Gasteiger partial charge on any atom is -0.494 e. The minimum absolute atomic E-state index is 0.0322. The number of ether oxygens (including phenoxy) is 2. The van der Waals surface area contributed by atoms with Gasteiger partial charge in [-0.2, -0.15) is 0 Å². The number of anilines is 4. The summed E-state index contributed by atoms with van der Waals surface area (Å²) in [5.41, 5.74) is 2.64.